The van der Waals surface area contributed by atoms with Crippen LogP contribution in [0.15, 0.2) is 12.3 Å². The van der Waals surface area contributed by atoms with Crippen molar-refractivity contribution in [2.75, 3.05) is 18.0 Å². The highest BCUT2D eigenvalue weighted by Crippen LogP contribution is 2.48. The second kappa shape index (κ2) is 4.60. The molecular weight excluding hydrogens is 280 g/mol. The summed E-state index contributed by atoms with van der Waals surface area (Å²) in [4.78, 5) is 17.0. The van der Waals surface area contributed by atoms with Gasteiger partial charge in [0.05, 0.1) is 16.2 Å². The van der Waals surface area contributed by atoms with E-state index < -0.39 is 11.6 Å². The summed E-state index contributed by atoms with van der Waals surface area (Å²) in [6.45, 7) is 3.24. The van der Waals surface area contributed by atoms with Gasteiger partial charge in [0.2, 0.25) is 0 Å². The molecule has 6 heteroatoms. The second-order valence-corrected chi connectivity index (χ2v) is 6.29. The predicted molar refractivity (Wildman–Crippen MR) is 75.3 cm³/mol. The highest BCUT2D eigenvalue weighted by molar-refractivity contribution is 6.33. The number of carboxylic acids is 1. The van der Waals surface area contributed by atoms with E-state index >= 15 is 0 Å². The molecule has 0 aromatic carbocycles. The van der Waals surface area contributed by atoms with Crippen molar-refractivity contribution in [1.29, 1.82) is 0 Å². The standard InChI is InChI=1S/C14H17ClN2O3/c1-8-6-17(7-14(8,20)10-2-3-10)12-11(15)4-9(5-16-12)13(18)19/h4-5,8,10,20H,2-3,6-7H2,1H3,(H,18,19)/t8-,14+/m1/s1. The minimum atomic E-state index is -1.05. The molecular formula is C14H17ClN2O3. The number of β-amino-alcohol motifs (C(OH)–C–C–N with tert-alkyl or cyclic N) is 1. The van der Waals surface area contributed by atoms with Gasteiger partial charge in [-0.3, -0.25) is 0 Å². The third kappa shape index (κ3) is 2.15. The van der Waals surface area contributed by atoms with Crippen molar-refractivity contribution in [2.45, 2.75) is 25.4 Å². The third-order valence-electron chi connectivity index (χ3n) is 4.44. The Morgan fingerprint density at radius 1 is 1.55 bits per heavy atom. The number of hydrogen-bond donors (Lipinski definition) is 2. The molecule has 2 atom stereocenters. The van der Waals surface area contributed by atoms with Crippen LogP contribution in [-0.2, 0) is 0 Å². The van der Waals surface area contributed by atoms with Crippen molar-refractivity contribution < 1.29 is 15.0 Å². The minimum Gasteiger partial charge on any atom is -0.478 e. The molecule has 108 valence electrons. The Morgan fingerprint density at radius 2 is 2.25 bits per heavy atom. The lowest BCUT2D eigenvalue weighted by Crippen LogP contribution is -2.39. The van der Waals surface area contributed by atoms with Gasteiger partial charge in [-0.2, -0.15) is 0 Å². The number of aromatic carboxylic acids is 1. The monoisotopic (exact) mass is 296 g/mol. The quantitative estimate of drug-likeness (QED) is 0.893. The summed E-state index contributed by atoms with van der Waals surface area (Å²) in [7, 11) is 0. The number of carbonyl (C=O) groups is 1. The highest BCUT2D eigenvalue weighted by atomic mass is 35.5. The second-order valence-electron chi connectivity index (χ2n) is 5.88. The molecule has 0 unspecified atom stereocenters. The Kier molecular flexibility index (Phi) is 3.14. The summed E-state index contributed by atoms with van der Waals surface area (Å²) < 4.78 is 0. The number of aliphatic hydroxyl groups is 1. The fraction of sp³-hybridized carbons (Fsp3) is 0.571. The van der Waals surface area contributed by atoms with E-state index in [1.165, 1.54) is 12.3 Å². The first-order valence-electron chi connectivity index (χ1n) is 6.78. The number of carboxylic acid groups (broad SMARTS) is 1. The maximum Gasteiger partial charge on any atom is 0.337 e. The van der Waals surface area contributed by atoms with Crippen LogP contribution in [0.3, 0.4) is 0 Å². The van der Waals surface area contributed by atoms with Crippen LogP contribution in [0.1, 0.15) is 30.1 Å². The van der Waals surface area contributed by atoms with Crippen molar-refractivity contribution >= 4 is 23.4 Å². The Hall–Kier alpha value is -1.33. The van der Waals surface area contributed by atoms with E-state index in [0.29, 0.717) is 29.8 Å². The van der Waals surface area contributed by atoms with Gasteiger partial charge < -0.3 is 15.1 Å². The smallest absolute Gasteiger partial charge is 0.337 e. The first kappa shape index (κ1) is 13.6. The highest BCUT2D eigenvalue weighted by Gasteiger charge is 2.52. The van der Waals surface area contributed by atoms with E-state index in [1.807, 2.05) is 11.8 Å². The molecule has 2 aliphatic rings. The summed E-state index contributed by atoms with van der Waals surface area (Å²) in [6, 6.07) is 1.41. The first-order chi connectivity index (χ1) is 9.41. The predicted octanol–water partition coefficient (Wildman–Crippen LogP) is 2.03. The van der Waals surface area contributed by atoms with Crippen LogP contribution < -0.4 is 4.90 Å². The summed E-state index contributed by atoms with van der Waals surface area (Å²) >= 11 is 6.14. The molecule has 5 nitrogen and oxygen atoms in total. The first-order valence-corrected chi connectivity index (χ1v) is 7.16. The van der Waals surface area contributed by atoms with E-state index in [1.54, 1.807) is 0 Å². The maximum absolute atomic E-state index is 10.9. The number of nitrogens with zero attached hydrogens (tertiary/aromatic N) is 2. The maximum atomic E-state index is 10.9. The molecule has 0 radical (unpaired) electrons. The van der Waals surface area contributed by atoms with Crippen LogP contribution in [0.4, 0.5) is 5.82 Å². The molecule has 0 spiro atoms. The lowest BCUT2D eigenvalue weighted by molar-refractivity contribution is 0.00281. The lowest BCUT2D eigenvalue weighted by atomic mass is 9.88. The van der Waals surface area contributed by atoms with Gasteiger partial charge in [0.15, 0.2) is 0 Å². The van der Waals surface area contributed by atoms with Gasteiger partial charge in [0.1, 0.15) is 5.82 Å². The minimum absolute atomic E-state index is 0.0726. The van der Waals surface area contributed by atoms with Crippen LogP contribution in [0.5, 0.6) is 0 Å². The molecule has 20 heavy (non-hydrogen) atoms. The molecule has 1 saturated heterocycles. The van der Waals surface area contributed by atoms with Crippen LogP contribution in [0.2, 0.25) is 5.02 Å². The summed E-state index contributed by atoms with van der Waals surface area (Å²) in [5, 5.41) is 20.0. The molecule has 0 bridgehead atoms. The third-order valence-corrected chi connectivity index (χ3v) is 4.72. The number of anilines is 1. The molecule has 1 aliphatic carbocycles. The Balaban J connectivity index is 1.85. The fourth-order valence-corrected chi connectivity index (χ4v) is 3.36. The van der Waals surface area contributed by atoms with Crippen molar-refractivity contribution in [1.82, 2.24) is 4.98 Å². The number of pyridine rings is 1. The molecule has 3 rings (SSSR count). The van der Waals surface area contributed by atoms with Gasteiger partial charge in [0, 0.05) is 25.2 Å². The van der Waals surface area contributed by atoms with Crippen LogP contribution in [0, 0.1) is 11.8 Å². The van der Waals surface area contributed by atoms with Gasteiger partial charge >= 0.3 is 5.97 Å². The summed E-state index contributed by atoms with van der Waals surface area (Å²) in [5.41, 5.74) is -0.598. The fourth-order valence-electron chi connectivity index (χ4n) is 3.07. The lowest BCUT2D eigenvalue weighted by Gasteiger charge is -2.26. The van der Waals surface area contributed by atoms with Gasteiger partial charge in [-0.15, -0.1) is 0 Å². The van der Waals surface area contributed by atoms with Crippen molar-refractivity contribution in [2.24, 2.45) is 11.8 Å². The van der Waals surface area contributed by atoms with Crippen LogP contribution in [0.25, 0.3) is 0 Å². The number of aromatic nitrogens is 1. The SMILES string of the molecule is C[C@@H]1CN(c2ncc(C(=O)O)cc2Cl)C[C@@]1(O)C1CC1. The molecule has 1 saturated carbocycles. The average molecular weight is 297 g/mol. The molecule has 1 aliphatic heterocycles. The summed E-state index contributed by atoms with van der Waals surface area (Å²) in [5.74, 6) is 0.0434. The molecule has 0 amide bonds. The van der Waals surface area contributed by atoms with E-state index in [9.17, 15) is 9.90 Å². The molecule has 2 N–H and O–H groups in total. The summed E-state index contributed by atoms with van der Waals surface area (Å²) in [6.07, 6.45) is 3.46. The topological polar surface area (TPSA) is 73.7 Å². The van der Waals surface area contributed by atoms with Gasteiger partial charge in [-0.05, 0) is 24.8 Å². The Bertz CT molecular complexity index is 561. The molecule has 1 aromatic rings. The van der Waals surface area contributed by atoms with E-state index in [2.05, 4.69) is 4.98 Å². The Labute approximate surface area is 122 Å². The number of rotatable bonds is 3. The average Bonchev–Trinajstić information content (AvgIpc) is 3.18. The van der Waals surface area contributed by atoms with Gasteiger partial charge in [0.25, 0.3) is 0 Å². The van der Waals surface area contributed by atoms with E-state index in [0.717, 1.165) is 12.8 Å². The normalized spacial score (nSPS) is 29.8. The number of hydrogen-bond acceptors (Lipinski definition) is 4. The van der Waals surface area contributed by atoms with E-state index in [-0.39, 0.29) is 11.5 Å². The largest absolute Gasteiger partial charge is 0.478 e. The Morgan fingerprint density at radius 3 is 2.80 bits per heavy atom. The van der Waals surface area contributed by atoms with Gasteiger partial charge in [-0.1, -0.05) is 18.5 Å². The zero-order valence-corrected chi connectivity index (χ0v) is 12.0. The van der Waals surface area contributed by atoms with Crippen LogP contribution in [-0.4, -0.2) is 39.9 Å². The van der Waals surface area contributed by atoms with Crippen molar-refractivity contribution in [3.8, 4) is 0 Å². The van der Waals surface area contributed by atoms with Crippen molar-refractivity contribution in [3.05, 3.63) is 22.8 Å². The van der Waals surface area contributed by atoms with E-state index in [4.69, 9.17) is 16.7 Å². The molecule has 2 fully saturated rings. The van der Waals surface area contributed by atoms with Crippen molar-refractivity contribution in [3.63, 3.8) is 0 Å². The molecule has 2 heterocycles. The molecule has 1 aromatic heterocycles. The number of halogens is 1. The zero-order chi connectivity index (χ0) is 14.5. The van der Waals surface area contributed by atoms with Crippen LogP contribution >= 0.6 is 11.6 Å². The zero-order valence-electron chi connectivity index (χ0n) is 11.2. The van der Waals surface area contributed by atoms with Gasteiger partial charge in [-0.25, -0.2) is 9.78 Å².